The molecule has 0 saturated carbocycles. The molecule has 182 valence electrons. The van der Waals surface area contributed by atoms with E-state index in [1.807, 2.05) is 22.2 Å². The first-order chi connectivity index (χ1) is 17.1. The maximum absolute atomic E-state index is 5.64. The number of thiophene rings is 1. The lowest BCUT2D eigenvalue weighted by Crippen LogP contribution is -2.43. The minimum atomic E-state index is 0.762. The summed E-state index contributed by atoms with van der Waals surface area (Å²) >= 11 is 1.89. The molecule has 0 N–H and O–H groups in total. The molecule has 2 saturated heterocycles. The highest BCUT2D eigenvalue weighted by atomic mass is 32.1. The molecule has 2 aliphatic heterocycles. The number of hydrogen-bond donors (Lipinski definition) is 0. The number of fused-ring (bicyclic) bond motifs is 1. The van der Waals surface area contributed by atoms with Gasteiger partial charge in [0.2, 0.25) is 0 Å². The minimum Gasteiger partial charge on any atom is -0.378 e. The molecule has 0 radical (unpaired) electrons. The van der Waals surface area contributed by atoms with Crippen LogP contribution in [0.4, 0.5) is 5.69 Å². The Morgan fingerprint density at radius 2 is 1.80 bits per heavy atom. The van der Waals surface area contributed by atoms with E-state index in [9.17, 15) is 0 Å². The molecule has 7 nitrogen and oxygen atoms in total. The van der Waals surface area contributed by atoms with Gasteiger partial charge >= 0.3 is 0 Å². The van der Waals surface area contributed by atoms with Gasteiger partial charge < -0.3 is 14.5 Å². The molecule has 0 spiro atoms. The topological polar surface area (TPSA) is 49.7 Å². The van der Waals surface area contributed by atoms with Crippen LogP contribution in [0.25, 0.3) is 27.3 Å². The van der Waals surface area contributed by atoms with Gasteiger partial charge in [-0.1, -0.05) is 23.8 Å². The lowest BCUT2D eigenvalue weighted by atomic mass is 10.1. The molecule has 0 amide bonds. The van der Waals surface area contributed by atoms with E-state index >= 15 is 0 Å². The van der Waals surface area contributed by atoms with E-state index in [1.165, 1.54) is 20.8 Å². The van der Waals surface area contributed by atoms with Crippen molar-refractivity contribution in [1.29, 1.82) is 0 Å². The smallest absolute Gasteiger partial charge is 0.156 e. The number of aromatic nitrogens is 3. The summed E-state index contributed by atoms with van der Waals surface area (Å²) in [6.45, 7) is 10.9. The molecule has 6 rings (SSSR count). The highest BCUT2D eigenvalue weighted by molar-refractivity contribution is 7.19. The quantitative estimate of drug-likeness (QED) is 0.423. The van der Waals surface area contributed by atoms with Gasteiger partial charge in [0.25, 0.3) is 0 Å². The van der Waals surface area contributed by atoms with Crippen molar-refractivity contribution in [2.24, 2.45) is 0 Å². The van der Waals surface area contributed by atoms with Crippen LogP contribution in [0.5, 0.6) is 0 Å². The Labute approximate surface area is 210 Å². The van der Waals surface area contributed by atoms with E-state index in [2.05, 4.69) is 71.1 Å². The molecule has 5 heterocycles. The zero-order valence-electron chi connectivity index (χ0n) is 20.5. The first kappa shape index (κ1) is 22.7. The fourth-order valence-corrected chi connectivity index (χ4v) is 6.09. The number of anilines is 1. The first-order valence-corrected chi connectivity index (χ1v) is 13.2. The Balaban J connectivity index is 1.36. The van der Waals surface area contributed by atoms with Gasteiger partial charge in [0.15, 0.2) is 5.82 Å². The van der Waals surface area contributed by atoms with Crippen molar-refractivity contribution in [2.45, 2.75) is 13.5 Å². The predicted octanol–water partition coefficient (Wildman–Crippen LogP) is 4.04. The van der Waals surface area contributed by atoms with Crippen molar-refractivity contribution in [3.63, 3.8) is 0 Å². The number of ether oxygens (including phenoxy) is 1. The number of aryl methyl sites for hydroxylation is 1. The van der Waals surface area contributed by atoms with Crippen LogP contribution in [0.1, 0.15) is 10.4 Å². The summed E-state index contributed by atoms with van der Waals surface area (Å²) in [4.78, 5) is 13.9. The SMILES string of the molecule is Cc1cccc(-c2ccn(-c3cc(N4CCOCC4)c4sc(CN5CCN(C)CC5)cc4n3)n2)c1. The van der Waals surface area contributed by atoms with Crippen LogP contribution < -0.4 is 4.90 Å². The maximum atomic E-state index is 5.64. The third kappa shape index (κ3) is 4.84. The van der Waals surface area contributed by atoms with Gasteiger partial charge in [0.05, 0.1) is 34.8 Å². The number of hydrogen-bond acceptors (Lipinski definition) is 7. The monoisotopic (exact) mass is 488 g/mol. The Hall–Kier alpha value is -2.78. The van der Waals surface area contributed by atoms with Gasteiger partial charge in [-0.3, -0.25) is 4.90 Å². The molecule has 1 aromatic carbocycles. The summed E-state index contributed by atoms with van der Waals surface area (Å²) in [6, 6.07) is 15.0. The summed E-state index contributed by atoms with van der Waals surface area (Å²) in [6.07, 6.45) is 2.02. The van der Waals surface area contributed by atoms with Crippen LogP contribution in [0.15, 0.2) is 48.7 Å². The average molecular weight is 489 g/mol. The third-order valence-corrected chi connectivity index (χ3v) is 8.09. The van der Waals surface area contributed by atoms with Crippen molar-refractivity contribution in [3.05, 3.63) is 59.1 Å². The molecular formula is C27H32N6OS. The second-order valence-electron chi connectivity index (χ2n) is 9.62. The Bertz CT molecular complexity index is 1320. The summed E-state index contributed by atoms with van der Waals surface area (Å²) in [5, 5.41) is 4.89. The Kier molecular flexibility index (Phi) is 6.28. The van der Waals surface area contributed by atoms with Crippen LogP contribution >= 0.6 is 11.3 Å². The number of piperazine rings is 1. The summed E-state index contributed by atoms with van der Waals surface area (Å²) in [7, 11) is 2.20. The van der Waals surface area contributed by atoms with Gasteiger partial charge in [-0.2, -0.15) is 5.10 Å². The van der Waals surface area contributed by atoms with Gasteiger partial charge in [0, 0.05) is 68.5 Å². The molecule has 2 fully saturated rings. The molecular weight excluding hydrogens is 456 g/mol. The van der Waals surface area contributed by atoms with Crippen molar-refractivity contribution in [2.75, 3.05) is 64.4 Å². The molecule has 0 bridgehead atoms. The van der Waals surface area contributed by atoms with Gasteiger partial charge in [0.1, 0.15) is 0 Å². The maximum Gasteiger partial charge on any atom is 0.156 e. The number of morpholine rings is 1. The largest absolute Gasteiger partial charge is 0.378 e. The van der Waals surface area contributed by atoms with Crippen molar-refractivity contribution in [1.82, 2.24) is 24.6 Å². The summed E-state index contributed by atoms with van der Waals surface area (Å²) < 4.78 is 8.83. The number of likely N-dealkylation sites (N-methyl/N-ethyl adjacent to an activating group) is 1. The van der Waals surface area contributed by atoms with Crippen molar-refractivity contribution >= 4 is 27.2 Å². The Morgan fingerprint density at radius 1 is 0.971 bits per heavy atom. The van der Waals surface area contributed by atoms with Crippen molar-refractivity contribution < 1.29 is 4.74 Å². The summed E-state index contributed by atoms with van der Waals surface area (Å²) in [5.74, 6) is 0.863. The standard InChI is InChI=1S/C27H32N6OS/c1-20-4-3-5-21(16-20)23-6-7-33(29-23)26-18-25(32-12-14-34-15-13-32)27-24(28-26)17-22(35-27)19-31-10-8-30(2)9-11-31/h3-7,16-18H,8-15,19H2,1-2H3. The highest BCUT2D eigenvalue weighted by Crippen LogP contribution is 2.36. The molecule has 2 aliphatic rings. The molecule has 0 aliphatic carbocycles. The molecule has 0 atom stereocenters. The molecule has 35 heavy (non-hydrogen) atoms. The van der Waals surface area contributed by atoms with Gasteiger partial charge in [-0.15, -0.1) is 11.3 Å². The van der Waals surface area contributed by atoms with E-state index in [-0.39, 0.29) is 0 Å². The van der Waals surface area contributed by atoms with Crippen LogP contribution in [0.2, 0.25) is 0 Å². The first-order valence-electron chi connectivity index (χ1n) is 12.4. The second-order valence-corrected chi connectivity index (χ2v) is 10.8. The third-order valence-electron chi connectivity index (χ3n) is 6.96. The van der Waals surface area contributed by atoms with E-state index in [0.29, 0.717) is 0 Å². The lowest BCUT2D eigenvalue weighted by molar-refractivity contribution is 0.123. The lowest BCUT2D eigenvalue weighted by Gasteiger charge is -2.31. The van der Waals surface area contributed by atoms with Crippen LogP contribution in [-0.4, -0.2) is 84.1 Å². The number of rotatable bonds is 5. The van der Waals surface area contributed by atoms with E-state index in [0.717, 1.165) is 81.6 Å². The van der Waals surface area contributed by atoms with Crippen LogP contribution in [0, 0.1) is 6.92 Å². The van der Waals surface area contributed by atoms with E-state index < -0.39 is 0 Å². The Morgan fingerprint density at radius 3 is 2.60 bits per heavy atom. The molecule has 3 aromatic heterocycles. The van der Waals surface area contributed by atoms with E-state index in [4.69, 9.17) is 14.8 Å². The van der Waals surface area contributed by atoms with Gasteiger partial charge in [-0.25, -0.2) is 9.67 Å². The minimum absolute atomic E-state index is 0.762. The highest BCUT2D eigenvalue weighted by Gasteiger charge is 2.21. The normalized spacial score (nSPS) is 17.9. The van der Waals surface area contributed by atoms with Gasteiger partial charge in [-0.05, 0) is 32.2 Å². The zero-order valence-corrected chi connectivity index (χ0v) is 21.3. The fraction of sp³-hybridized carbons (Fsp3) is 0.407. The van der Waals surface area contributed by atoms with Crippen molar-refractivity contribution in [3.8, 4) is 17.1 Å². The number of benzene rings is 1. The summed E-state index contributed by atoms with van der Waals surface area (Å²) in [5.41, 5.74) is 5.63. The van der Waals surface area contributed by atoms with E-state index in [1.54, 1.807) is 0 Å². The fourth-order valence-electron chi connectivity index (χ4n) is 4.91. The predicted molar refractivity (Wildman–Crippen MR) is 143 cm³/mol. The van der Waals surface area contributed by atoms with Crippen LogP contribution in [-0.2, 0) is 11.3 Å². The van der Waals surface area contributed by atoms with Crippen LogP contribution in [0.3, 0.4) is 0 Å². The molecule has 4 aromatic rings. The number of nitrogens with zero attached hydrogens (tertiary/aromatic N) is 6. The molecule has 0 unspecified atom stereocenters. The molecule has 8 heteroatoms. The average Bonchev–Trinajstić information content (AvgIpc) is 3.53. The second kappa shape index (κ2) is 9.70. The zero-order chi connectivity index (χ0) is 23.8. The number of pyridine rings is 1.